The molecule has 0 saturated heterocycles. The van der Waals surface area contributed by atoms with Gasteiger partial charge in [-0.1, -0.05) is 37.6 Å². The van der Waals surface area contributed by atoms with Gasteiger partial charge in [0.25, 0.3) is 0 Å². The third kappa shape index (κ3) is 2.98. The number of carbonyl (C=O) groups is 1. The van der Waals surface area contributed by atoms with Crippen molar-refractivity contribution in [3.05, 3.63) is 34.9 Å². The second-order valence-electron chi connectivity index (χ2n) is 4.72. The highest BCUT2D eigenvalue weighted by molar-refractivity contribution is 6.31. The topological polar surface area (TPSA) is 32.7 Å². The molecule has 2 rings (SSSR count). The molecule has 4 heteroatoms. The van der Waals surface area contributed by atoms with E-state index in [-0.39, 0.29) is 11.8 Å². The van der Waals surface area contributed by atoms with Gasteiger partial charge in [0.1, 0.15) is 5.84 Å². The third-order valence-electron chi connectivity index (χ3n) is 3.52. The minimum Gasteiger partial charge on any atom is -0.295 e. The van der Waals surface area contributed by atoms with Crippen LogP contribution < -0.4 is 0 Å². The molecule has 1 heterocycles. The lowest BCUT2D eigenvalue weighted by Gasteiger charge is -2.23. The summed E-state index contributed by atoms with van der Waals surface area (Å²) in [5.41, 5.74) is 0.921. The summed E-state index contributed by atoms with van der Waals surface area (Å²) in [4.78, 5) is 18.8. The summed E-state index contributed by atoms with van der Waals surface area (Å²) in [5, 5.41) is 0.669. The SMILES string of the molecule is CCC(CC)C(=O)N1CCN=C1c1cccc(Cl)c1. The molecule has 1 aromatic carbocycles. The lowest BCUT2D eigenvalue weighted by Crippen LogP contribution is -2.38. The summed E-state index contributed by atoms with van der Waals surface area (Å²) < 4.78 is 0. The van der Waals surface area contributed by atoms with E-state index >= 15 is 0 Å². The highest BCUT2D eigenvalue weighted by Gasteiger charge is 2.28. The Morgan fingerprint density at radius 3 is 2.79 bits per heavy atom. The van der Waals surface area contributed by atoms with E-state index < -0.39 is 0 Å². The third-order valence-corrected chi connectivity index (χ3v) is 3.76. The molecule has 1 aliphatic rings. The van der Waals surface area contributed by atoms with Crippen molar-refractivity contribution < 1.29 is 4.79 Å². The first kappa shape index (κ1) is 14.1. The fraction of sp³-hybridized carbons (Fsp3) is 0.467. The summed E-state index contributed by atoms with van der Waals surface area (Å²) >= 11 is 6.01. The highest BCUT2D eigenvalue weighted by atomic mass is 35.5. The summed E-state index contributed by atoms with van der Waals surface area (Å²) in [7, 11) is 0. The lowest BCUT2D eigenvalue weighted by molar-refractivity contribution is -0.131. The van der Waals surface area contributed by atoms with Crippen LogP contribution in [0.4, 0.5) is 0 Å². The average molecular weight is 279 g/mol. The van der Waals surface area contributed by atoms with Crippen LogP contribution in [-0.2, 0) is 4.79 Å². The van der Waals surface area contributed by atoms with Crippen LogP contribution in [0.2, 0.25) is 5.02 Å². The van der Waals surface area contributed by atoms with E-state index in [1.54, 1.807) is 0 Å². The van der Waals surface area contributed by atoms with Gasteiger partial charge in [-0.05, 0) is 25.0 Å². The molecule has 0 atom stereocenters. The standard InChI is InChI=1S/C15H19ClN2O/c1-3-11(4-2)15(19)18-9-8-17-14(18)12-6-5-7-13(16)10-12/h5-7,10-11H,3-4,8-9H2,1-2H3. The first-order valence-corrected chi connectivity index (χ1v) is 7.17. The number of benzene rings is 1. The van der Waals surface area contributed by atoms with Crippen LogP contribution in [0.15, 0.2) is 29.3 Å². The quantitative estimate of drug-likeness (QED) is 0.831. The van der Waals surface area contributed by atoms with E-state index in [1.807, 2.05) is 29.2 Å². The number of halogens is 1. The fourth-order valence-electron chi connectivity index (χ4n) is 2.39. The number of rotatable bonds is 4. The van der Waals surface area contributed by atoms with Crippen molar-refractivity contribution >= 4 is 23.3 Å². The van der Waals surface area contributed by atoms with Crippen molar-refractivity contribution in [2.24, 2.45) is 10.9 Å². The average Bonchev–Trinajstić information content (AvgIpc) is 2.89. The lowest BCUT2D eigenvalue weighted by atomic mass is 10.0. The maximum Gasteiger partial charge on any atom is 0.231 e. The zero-order valence-corrected chi connectivity index (χ0v) is 12.2. The monoisotopic (exact) mass is 278 g/mol. The van der Waals surface area contributed by atoms with Gasteiger partial charge in [0.05, 0.1) is 6.54 Å². The largest absolute Gasteiger partial charge is 0.295 e. The molecule has 1 aromatic rings. The van der Waals surface area contributed by atoms with E-state index in [0.29, 0.717) is 18.1 Å². The van der Waals surface area contributed by atoms with Crippen LogP contribution in [0.5, 0.6) is 0 Å². The number of amides is 1. The molecule has 0 aliphatic carbocycles. The molecule has 3 nitrogen and oxygen atoms in total. The Kier molecular flexibility index (Phi) is 4.59. The number of hydrogen-bond acceptors (Lipinski definition) is 2. The van der Waals surface area contributed by atoms with E-state index in [1.165, 1.54) is 0 Å². The number of aliphatic imine (C=N–C) groups is 1. The molecule has 0 spiro atoms. The second kappa shape index (κ2) is 6.20. The molecule has 0 unspecified atom stereocenters. The molecule has 1 amide bonds. The van der Waals surface area contributed by atoms with E-state index in [9.17, 15) is 4.79 Å². The van der Waals surface area contributed by atoms with Crippen LogP contribution in [-0.4, -0.2) is 29.7 Å². The zero-order valence-electron chi connectivity index (χ0n) is 11.4. The highest BCUT2D eigenvalue weighted by Crippen LogP contribution is 2.20. The predicted octanol–water partition coefficient (Wildman–Crippen LogP) is 3.37. The molecule has 102 valence electrons. The maximum absolute atomic E-state index is 12.5. The number of carbonyl (C=O) groups excluding carboxylic acids is 1. The Morgan fingerprint density at radius 1 is 1.42 bits per heavy atom. The molecule has 0 aromatic heterocycles. The molecule has 1 aliphatic heterocycles. The van der Waals surface area contributed by atoms with Crippen molar-refractivity contribution in [1.29, 1.82) is 0 Å². The van der Waals surface area contributed by atoms with Gasteiger partial charge in [0, 0.05) is 23.0 Å². The van der Waals surface area contributed by atoms with Crippen LogP contribution in [0.3, 0.4) is 0 Å². The predicted molar refractivity (Wildman–Crippen MR) is 78.6 cm³/mol. The summed E-state index contributed by atoms with van der Waals surface area (Å²) in [5.74, 6) is 1.03. The van der Waals surface area contributed by atoms with Gasteiger partial charge < -0.3 is 0 Å². The number of amidine groups is 1. The molecule has 0 N–H and O–H groups in total. The van der Waals surface area contributed by atoms with Crippen molar-refractivity contribution in [2.75, 3.05) is 13.1 Å². The molecule has 0 fully saturated rings. The normalized spacial score (nSPS) is 14.9. The Bertz CT molecular complexity index is 495. The van der Waals surface area contributed by atoms with Crippen LogP contribution in [0.1, 0.15) is 32.3 Å². The van der Waals surface area contributed by atoms with Crippen LogP contribution in [0, 0.1) is 5.92 Å². The summed E-state index contributed by atoms with van der Waals surface area (Å²) in [6.45, 7) is 5.46. The number of nitrogens with zero attached hydrogens (tertiary/aromatic N) is 2. The number of hydrogen-bond donors (Lipinski definition) is 0. The smallest absolute Gasteiger partial charge is 0.231 e. The van der Waals surface area contributed by atoms with Gasteiger partial charge in [0.15, 0.2) is 0 Å². The van der Waals surface area contributed by atoms with E-state index in [0.717, 1.165) is 24.2 Å². The molecular weight excluding hydrogens is 260 g/mol. The Morgan fingerprint density at radius 2 is 2.16 bits per heavy atom. The first-order chi connectivity index (χ1) is 9.17. The Hall–Kier alpha value is -1.35. The molecule has 19 heavy (non-hydrogen) atoms. The van der Waals surface area contributed by atoms with Gasteiger partial charge in [-0.3, -0.25) is 14.7 Å². The van der Waals surface area contributed by atoms with Crippen LogP contribution in [0.25, 0.3) is 0 Å². The molecule has 0 saturated carbocycles. The van der Waals surface area contributed by atoms with Gasteiger partial charge in [-0.15, -0.1) is 0 Å². The summed E-state index contributed by atoms with van der Waals surface area (Å²) in [6, 6.07) is 7.52. The van der Waals surface area contributed by atoms with Gasteiger partial charge in [-0.25, -0.2) is 0 Å². The van der Waals surface area contributed by atoms with Crippen molar-refractivity contribution in [3.63, 3.8) is 0 Å². The minimum atomic E-state index is 0.0856. The van der Waals surface area contributed by atoms with Crippen molar-refractivity contribution in [1.82, 2.24) is 4.90 Å². The van der Waals surface area contributed by atoms with Gasteiger partial charge in [-0.2, -0.15) is 0 Å². The molecule has 0 bridgehead atoms. The zero-order chi connectivity index (χ0) is 13.8. The van der Waals surface area contributed by atoms with Crippen molar-refractivity contribution in [2.45, 2.75) is 26.7 Å². The van der Waals surface area contributed by atoms with Crippen molar-refractivity contribution in [3.8, 4) is 0 Å². The van der Waals surface area contributed by atoms with Gasteiger partial charge >= 0.3 is 0 Å². The first-order valence-electron chi connectivity index (χ1n) is 6.79. The Labute approximate surface area is 119 Å². The van der Waals surface area contributed by atoms with Crippen LogP contribution >= 0.6 is 11.6 Å². The fourth-order valence-corrected chi connectivity index (χ4v) is 2.59. The van der Waals surface area contributed by atoms with E-state index in [4.69, 9.17) is 11.6 Å². The maximum atomic E-state index is 12.5. The Balaban J connectivity index is 2.24. The minimum absolute atomic E-state index is 0.0856. The van der Waals surface area contributed by atoms with Gasteiger partial charge in [0.2, 0.25) is 5.91 Å². The second-order valence-corrected chi connectivity index (χ2v) is 5.16. The summed E-state index contributed by atoms with van der Waals surface area (Å²) in [6.07, 6.45) is 1.74. The van der Waals surface area contributed by atoms with E-state index in [2.05, 4.69) is 18.8 Å². The molecule has 0 radical (unpaired) electrons. The molecular formula is C15H19ClN2O.